The molecule has 1 aliphatic rings. The molecule has 1 aliphatic heterocycles. The normalized spacial score (nSPS) is 22.3. The third-order valence-electron chi connectivity index (χ3n) is 4.13. The molecule has 2 bridgehead atoms. The van der Waals surface area contributed by atoms with Crippen molar-refractivity contribution in [3.8, 4) is 11.3 Å². The molecule has 1 unspecified atom stereocenters. The molecule has 5 nitrogen and oxygen atoms in total. The summed E-state index contributed by atoms with van der Waals surface area (Å²) in [5.74, 6) is -0.517. The van der Waals surface area contributed by atoms with Crippen molar-refractivity contribution in [1.29, 1.82) is 0 Å². The van der Waals surface area contributed by atoms with Crippen LogP contribution in [0.3, 0.4) is 0 Å². The van der Waals surface area contributed by atoms with Crippen LogP contribution in [0.5, 0.6) is 0 Å². The number of fused-ring (bicyclic) bond motifs is 4. The van der Waals surface area contributed by atoms with Crippen molar-refractivity contribution in [2.75, 3.05) is 5.32 Å². The predicted molar refractivity (Wildman–Crippen MR) is 86.7 cm³/mol. The molecule has 3 heterocycles. The molecule has 2 aromatic rings. The van der Waals surface area contributed by atoms with Crippen molar-refractivity contribution in [2.45, 2.75) is 32.7 Å². The van der Waals surface area contributed by atoms with Gasteiger partial charge in [-0.15, -0.1) is 0 Å². The molecular weight excluding hydrogens is 314 g/mol. The number of rotatable bonds is 1. The van der Waals surface area contributed by atoms with Gasteiger partial charge in [0.15, 0.2) is 0 Å². The number of alkyl halides is 2. The summed E-state index contributed by atoms with van der Waals surface area (Å²) in [5.41, 5.74) is 1.82. The summed E-state index contributed by atoms with van der Waals surface area (Å²) in [6.45, 7) is 0.972. The van der Waals surface area contributed by atoms with E-state index in [1.807, 2.05) is 19.1 Å². The molecule has 2 atom stereocenters. The van der Waals surface area contributed by atoms with Crippen LogP contribution in [0.15, 0.2) is 36.7 Å². The molecule has 0 saturated heterocycles. The first kappa shape index (κ1) is 16.3. The molecule has 0 aliphatic carbocycles. The summed E-state index contributed by atoms with van der Waals surface area (Å²) in [7, 11) is 0. The van der Waals surface area contributed by atoms with E-state index in [0.29, 0.717) is 10.2 Å². The van der Waals surface area contributed by atoms with E-state index < -0.39 is 6.55 Å². The van der Waals surface area contributed by atoms with Gasteiger partial charge >= 0.3 is 6.55 Å². The molecule has 0 radical (unpaired) electrons. The molecule has 24 heavy (non-hydrogen) atoms. The van der Waals surface area contributed by atoms with Crippen LogP contribution in [-0.2, 0) is 4.79 Å². The monoisotopic (exact) mass is 332 g/mol. The van der Waals surface area contributed by atoms with Crippen LogP contribution in [-0.4, -0.2) is 20.7 Å². The van der Waals surface area contributed by atoms with Crippen molar-refractivity contribution < 1.29 is 13.6 Å². The lowest BCUT2D eigenvalue weighted by molar-refractivity contribution is -0.118. The van der Waals surface area contributed by atoms with E-state index in [4.69, 9.17) is 0 Å². The highest BCUT2D eigenvalue weighted by atomic mass is 19.3. The molecule has 2 aromatic heterocycles. The number of halogens is 2. The average molecular weight is 332 g/mol. The third kappa shape index (κ3) is 3.06. The number of hydrogen-bond acceptors (Lipinski definition) is 3. The van der Waals surface area contributed by atoms with Crippen molar-refractivity contribution >= 4 is 11.6 Å². The number of allylic oxidation sites excluding steroid dienone is 1. The summed E-state index contributed by atoms with van der Waals surface area (Å²) in [6, 6.07) is 3.42. The number of nitrogens with one attached hydrogen (secondary N) is 1. The molecule has 7 heteroatoms. The fourth-order valence-corrected chi connectivity index (χ4v) is 2.70. The third-order valence-corrected chi connectivity index (χ3v) is 4.13. The Kier molecular flexibility index (Phi) is 4.42. The number of nitrogens with zero attached hydrogens (tertiary/aromatic N) is 3. The van der Waals surface area contributed by atoms with Gasteiger partial charge in [-0.25, -0.2) is 4.68 Å². The van der Waals surface area contributed by atoms with Crippen molar-refractivity contribution in [3.05, 3.63) is 42.4 Å². The van der Waals surface area contributed by atoms with Gasteiger partial charge in [0.05, 0.1) is 23.5 Å². The van der Waals surface area contributed by atoms with Crippen molar-refractivity contribution in [3.63, 3.8) is 0 Å². The molecule has 1 N–H and O–H groups in total. The quantitative estimate of drug-likeness (QED) is 0.804. The maximum absolute atomic E-state index is 13.3. The van der Waals surface area contributed by atoms with Gasteiger partial charge in [-0.3, -0.25) is 9.78 Å². The fraction of sp³-hybridized carbons (Fsp3) is 0.353. The highest BCUT2D eigenvalue weighted by molar-refractivity contribution is 5.96. The van der Waals surface area contributed by atoms with Crippen LogP contribution in [0.1, 0.15) is 38.4 Å². The molecule has 0 aromatic carbocycles. The molecule has 3 rings (SSSR count). The Morgan fingerprint density at radius 1 is 1.38 bits per heavy atom. The Hall–Kier alpha value is -2.57. The summed E-state index contributed by atoms with van der Waals surface area (Å²) in [5, 5.41) is 6.43. The number of amides is 1. The minimum absolute atomic E-state index is 0.113. The van der Waals surface area contributed by atoms with E-state index in [1.165, 1.54) is 6.20 Å². The second kappa shape index (κ2) is 6.51. The second-order valence-corrected chi connectivity index (χ2v) is 5.94. The second-order valence-electron chi connectivity index (χ2n) is 5.94. The van der Waals surface area contributed by atoms with Gasteiger partial charge < -0.3 is 5.32 Å². The highest BCUT2D eigenvalue weighted by Gasteiger charge is 2.22. The number of pyridine rings is 1. The number of anilines is 1. The van der Waals surface area contributed by atoms with E-state index in [2.05, 4.69) is 15.4 Å². The zero-order valence-electron chi connectivity index (χ0n) is 13.4. The summed E-state index contributed by atoms with van der Waals surface area (Å²) in [6.07, 6.45) is 7.33. The van der Waals surface area contributed by atoms with Gasteiger partial charge in [0.1, 0.15) is 0 Å². The number of carbonyl (C=O) groups is 1. The maximum atomic E-state index is 13.3. The van der Waals surface area contributed by atoms with Crippen LogP contribution in [0.4, 0.5) is 14.5 Å². The van der Waals surface area contributed by atoms with E-state index in [0.717, 1.165) is 12.1 Å². The van der Waals surface area contributed by atoms with Gasteiger partial charge in [-0.05, 0) is 18.6 Å². The topological polar surface area (TPSA) is 59.8 Å². The minimum Gasteiger partial charge on any atom is -0.322 e. The Labute approximate surface area is 138 Å². The first-order valence-corrected chi connectivity index (χ1v) is 7.77. The van der Waals surface area contributed by atoms with Gasteiger partial charge in [-0.2, -0.15) is 13.9 Å². The van der Waals surface area contributed by atoms with Gasteiger partial charge in [0, 0.05) is 23.4 Å². The smallest absolute Gasteiger partial charge is 0.322 e. The standard InChI is InChI=1S/C17H18F2N4O/c1-10-4-3-5-11(2)16(24)22-14-9-21-23(17(18)19)15(14)12-6-7-20-13(10)8-12/h3,5-11,17H,4H2,1-2H3,(H,22,24)/b5-3+/t10?,11-/m1/s1. The van der Waals surface area contributed by atoms with Crippen LogP contribution in [0, 0.1) is 5.92 Å². The molecule has 0 fully saturated rings. The van der Waals surface area contributed by atoms with Gasteiger partial charge in [0.2, 0.25) is 5.91 Å². The van der Waals surface area contributed by atoms with Crippen LogP contribution in [0.25, 0.3) is 11.3 Å². The maximum Gasteiger partial charge on any atom is 0.333 e. The number of hydrogen-bond donors (Lipinski definition) is 1. The molecule has 1 amide bonds. The van der Waals surface area contributed by atoms with Crippen molar-refractivity contribution in [1.82, 2.24) is 14.8 Å². The van der Waals surface area contributed by atoms with E-state index in [9.17, 15) is 13.6 Å². The van der Waals surface area contributed by atoms with Gasteiger partial charge in [0.25, 0.3) is 0 Å². The van der Waals surface area contributed by atoms with Crippen LogP contribution < -0.4 is 5.32 Å². The largest absolute Gasteiger partial charge is 0.333 e. The Balaban J connectivity index is 2.18. The molecule has 126 valence electrons. The predicted octanol–water partition coefficient (Wildman–Crippen LogP) is 3.98. The van der Waals surface area contributed by atoms with E-state index in [1.54, 1.807) is 25.3 Å². The Morgan fingerprint density at radius 2 is 2.17 bits per heavy atom. The number of carbonyl (C=O) groups excluding carboxylic acids is 1. The zero-order valence-corrected chi connectivity index (χ0v) is 13.4. The highest BCUT2D eigenvalue weighted by Crippen LogP contribution is 2.33. The Bertz CT molecular complexity index is 785. The molecule has 0 saturated carbocycles. The molecule has 0 spiro atoms. The van der Waals surface area contributed by atoms with Crippen LogP contribution >= 0.6 is 0 Å². The SMILES string of the molecule is CC1C/C=C/[C@@H](C)C(=O)Nc2cnn(C(F)F)c2-c2ccnc1c2. The number of aromatic nitrogens is 3. The lowest BCUT2D eigenvalue weighted by Crippen LogP contribution is -2.19. The minimum atomic E-state index is -2.80. The Morgan fingerprint density at radius 3 is 2.92 bits per heavy atom. The lowest BCUT2D eigenvalue weighted by atomic mass is 9.98. The van der Waals surface area contributed by atoms with Gasteiger partial charge in [-0.1, -0.05) is 26.0 Å². The lowest BCUT2D eigenvalue weighted by Gasteiger charge is -2.15. The van der Waals surface area contributed by atoms with Crippen molar-refractivity contribution in [2.24, 2.45) is 5.92 Å². The average Bonchev–Trinajstić information content (AvgIpc) is 2.97. The fourth-order valence-electron chi connectivity index (χ4n) is 2.70. The summed E-state index contributed by atoms with van der Waals surface area (Å²) < 4.78 is 27.3. The van der Waals surface area contributed by atoms with Crippen LogP contribution in [0.2, 0.25) is 0 Å². The summed E-state index contributed by atoms with van der Waals surface area (Å²) >= 11 is 0. The molecular formula is C17H18F2N4O. The summed E-state index contributed by atoms with van der Waals surface area (Å²) in [4.78, 5) is 16.6. The first-order chi connectivity index (χ1) is 11.5. The van der Waals surface area contributed by atoms with E-state index >= 15 is 0 Å². The first-order valence-electron chi connectivity index (χ1n) is 7.77. The zero-order chi connectivity index (χ0) is 17.3. The van der Waals surface area contributed by atoms with E-state index in [-0.39, 0.29) is 29.1 Å².